The molecule has 98 valence electrons. The molecule has 2 aliphatic rings. The van der Waals surface area contributed by atoms with Crippen molar-refractivity contribution in [1.82, 2.24) is 5.32 Å². The monoisotopic (exact) mass is 245 g/mol. The van der Waals surface area contributed by atoms with Crippen LogP contribution in [0.1, 0.15) is 43.6 Å². The molecule has 1 N–H and O–H groups in total. The Kier molecular flexibility index (Phi) is 3.67. The van der Waals surface area contributed by atoms with E-state index in [9.17, 15) is 0 Å². The largest absolute Gasteiger partial charge is 0.380 e. The highest BCUT2D eigenvalue weighted by molar-refractivity contribution is 5.27. The summed E-state index contributed by atoms with van der Waals surface area (Å²) in [7, 11) is 1.85. The van der Waals surface area contributed by atoms with Crippen LogP contribution in [-0.2, 0) is 4.74 Å². The summed E-state index contributed by atoms with van der Waals surface area (Å²) < 4.78 is 5.61. The third-order valence-corrected chi connectivity index (χ3v) is 4.45. The van der Waals surface area contributed by atoms with E-state index in [2.05, 4.69) is 35.6 Å². The molecule has 4 atom stereocenters. The van der Waals surface area contributed by atoms with Gasteiger partial charge >= 0.3 is 0 Å². The van der Waals surface area contributed by atoms with Crippen molar-refractivity contribution in [3.05, 3.63) is 35.9 Å². The molecule has 0 aromatic heterocycles. The van der Waals surface area contributed by atoms with Crippen LogP contribution >= 0.6 is 0 Å². The summed E-state index contributed by atoms with van der Waals surface area (Å²) in [4.78, 5) is 0. The van der Waals surface area contributed by atoms with E-state index in [-0.39, 0.29) is 0 Å². The predicted octanol–water partition coefficient (Wildman–Crippen LogP) is 3.09. The smallest absolute Gasteiger partial charge is 0.0724 e. The summed E-state index contributed by atoms with van der Waals surface area (Å²) in [6.07, 6.45) is 6.88. The van der Waals surface area contributed by atoms with E-state index in [1.54, 1.807) is 0 Å². The number of hydrogen-bond donors (Lipinski definition) is 1. The van der Waals surface area contributed by atoms with Crippen LogP contribution in [0.5, 0.6) is 0 Å². The molecule has 18 heavy (non-hydrogen) atoms. The molecule has 0 heterocycles. The van der Waals surface area contributed by atoms with Crippen molar-refractivity contribution in [2.45, 2.75) is 56.2 Å². The van der Waals surface area contributed by atoms with Gasteiger partial charge in [-0.15, -0.1) is 0 Å². The highest BCUT2D eigenvalue weighted by Crippen LogP contribution is 2.41. The van der Waals surface area contributed by atoms with Crippen molar-refractivity contribution in [3.8, 4) is 0 Å². The van der Waals surface area contributed by atoms with Gasteiger partial charge in [-0.25, -0.2) is 0 Å². The van der Waals surface area contributed by atoms with E-state index >= 15 is 0 Å². The molecule has 2 aliphatic carbocycles. The number of hydrogen-bond acceptors (Lipinski definition) is 2. The van der Waals surface area contributed by atoms with Crippen molar-refractivity contribution in [1.29, 1.82) is 0 Å². The Labute approximate surface area is 110 Å². The summed E-state index contributed by atoms with van der Waals surface area (Å²) in [6.45, 7) is 0. The Balaban J connectivity index is 1.55. The molecular weight excluding hydrogens is 222 g/mol. The Morgan fingerprint density at radius 1 is 1.06 bits per heavy atom. The van der Waals surface area contributed by atoms with Crippen LogP contribution in [0.4, 0.5) is 0 Å². The van der Waals surface area contributed by atoms with Crippen molar-refractivity contribution in [2.75, 3.05) is 7.11 Å². The van der Waals surface area contributed by atoms with Gasteiger partial charge in [-0.3, -0.25) is 0 Å². The molecule has 0 saturated heterocycles. The van der Waals surface area contributed by atoms with E-state index in [4.69, 9.17) is 4.74 Å². The van der Waals surface area contributed by atoms with E-state index in [0.29, 0.717) is 18.2 Å². The fourth-order valence-corrected chi connectivity index (χ4v) is 3.29. The van der Waals surface area contributed by atoms with Gasteiger partial charge in [0.25, 0.3) is 0 Å². The molecule has 1 aromatic carbocycles. The molecule has 2 nitrogen and oxygen atoms in total. The van der Waals surface area contributed by atoms with E-state index in [1.165, 1.54) is 37.7 Å². The molecule has 2 saturated carbocycles. The summed E-state index contributed by atoms with van der Waals surface area (Å²) in [5.74, 6) is 0.727. The number of methoxy groups -OCH3 is 1. The third kappa shape index (κ3) is 2.60. The van der Waals surface area contributed by atoms with Crippen LogP contribution in [0.3, 0.4) is 0 Å². The Morgan fingerprint density at radius 3 is 2.61 bits per heavy atom. The number of nitrogens with one attached hydrogen (secondary N) is 1. The Bertz CT molecular complexity index is 378. The first-order chi connectivity index (χ1) is 8.88. The molecule has 0 bridgehead atoms. The molecule has 1 aromatic rings. The van der Waals surface area contributed by atoms with Crippen LogP contribution in [0.2, 0.25) is 0 Å². The zero-order valence-corrected chi connectivity index (χ0v) is 11.1. The van der Waals surface area contributed by atoms with Crippen LogP contribution in [0.15, 0.2) is 30.3 Å². The molecular formula is C16H23NO. The summed E-state index contributed by atoms with van der Waals surface area (Å²) in [5.41, 5.74) is 1.49. The lowest BCUT2D eigenvalue weighted by Crippen LogP contribution is -2.44. The first kappa shape index (κ1) is 12.2. The summed E-state index contributed by atoms with van der Waals surface area (Å²) in [5, 5.41) is 3.82. The predicted molar refractivity (Wildman–Crippen MR) is 73.8 cm³/mol. The van der Waals surface area contributed by atoms with E-state index < -0.39 is 0 Å². The fourth-order valence-electron chi connectivity index (χ4n) is 3.29. The normalized spacial score (nSPS) is 35.4. The van der Waals surface area contributed by atoms with Crippen LogP contribution < -0.4 is 5.32 Å². The minimum absolute atomic E-state index is 0.427. The third-order valence-electron chi connectivity index (χ3n) is 4.45. The van der Waals surface area contributed by atoms with Crippen LogP contribution in [0, 0.1) is 0 Å². The summed E-state index contributed by atoms with van der Waals surface area (Å²) in [6, 6.07) is 12.1. The average Bonchev–Trinajstić information content (AvgIpc) is 3.20. The minimum Gasteiger partial charge on any atom is -0.380 e. The molecule has 0 aliphatic heterocycles. The SMILES string of the molecule is COC1CCCCC1NC1CC1c1ccccc1. The second-order valence-electron chi connectivity index (χ2n) is 5.69. The van der Waals surface area contributed by atoms with Gasteiger partial charge in [-0.05, 0) is 24.8 Å². The Morgan fingerprint density at radius 2 is 1.83 bits per heavy atom. The molecule has 0 amide bonds. The van der Waals surface area contributed by atoms with Crippen molar-refractivity contribution < 1.29 is 4.74 Å². The molecule has 2 heteroatoms. The standard InChI is InChI=1S/C16H23NO/c1-18-16-10-6-5-9-14(16)17-15-11-13(15)12-7-3-2-4-8-12/h2-4,7-8,13-17H,5-6,9-11H2,1H3. The lowest BCUT2D eigenvalue weighted by molar-refractivity contribution is 0.0410. The molecule has 3 rings (SSSR count). The average molecular weight is 245 g/mol. The lowest BCUT2D eigenvalue weighted by atomic mass is 9.92. The van der Waals surface area contributed by atoms with Gasteiger partial charge in [0.15, 0.2) is 0 Å². The van der Waals surface area contributed by atoms with Gasteiger partial charge in [-0.1, -0.05) is 43.2 Å². The molecule has 0 spiro atoms. The van der Waals surface area contributed by atoms with Gasteiger partial charge in [-0.2, -0.15) is 0 Å². The second-order valence-corrected chi connectivity index (χ2v) is 5.69. The number of rotatable bonds is 4. The van der Waals surface area contributed by atoms with Gasteiger partial charge in [0, 0.05) is 25.1 Å². The molecule has 0 radical (unpaired) electrons. The van der Waals surface area contributed by atoms with Gasteiger partial charge in [0.1, 0.15) is 0 Å². The van der Waals surface area contributed by atoms with E-state index in [1.807, 2.05) is 7.11 Å². The second kappa shape index (κ2) is 5.41. The van der Waals surface area contributed by atoms with Gasteiger partial charge in [0.05, 0.1) is 6.10 Å². The quantitative estimate of drug-likeness (QED) is 0.880. The highest BCUT2D eigenvalue weighted by atomic mass is 16.5. The molecule has 2 fully saturated rings. The maximum absolute atomic E-state index is 5.61. The summed E-state index contributed by atoms with van der Waals surface area (Å²) >= 11 is 0. The first-order valence-corrected chi connectivity index (χ1v) is 7.22. The molecule has 4 unspecified atom stereocenters. The van der Waals surface area contributed by atoms with Crippen molar-refractivity contribution in [3.63, 3.8) is 0 Å². The van der Waals surface area contributed by atoms with Crippen molar-refractivity contribution in [2.24, 2.45) is 0 Å². The topological polar surface area (TPSA) is 21.3 Å². The van der Waals surface area contributed by atoms with E-state index in [0.717, 1.165) is 5.92 Å². The first-order valence-electron chi connectivity index (χ1n) is 7.22. The van der Waals surface area contributed by atoms with Crippen molar-refractivity contribution >= 4 is 0 Å². The van der Waals surface area contributed by atoms with Gasteiger partial charge in [0.2, 0.25) is 0 Å². The van der Waals surface area contributed by atoms with Gasteiger partial charge < -0.3 is 10.1 Å². The Hall–Kier alpha value is -0.860. The maximum atomic E-state index is 5.61. The van der Waals surface area contributed by atoms with Crippen LogP contribution in [0.25, 0.3) is 0 Å². The highest BCUT2D eigenvalue weighted by Gasteiger charge is 2.40. The maximum Gasteiger partial charge on any atom is 0.0724 e. The lowest BCUT2D eigenvalue weighted by Gasteiger charge is -2.31. The minimum atomic E-state index is 0.427. The number of benzene rings is 1. The zero-order valence-electron chi connectivity index (χ0n) is 11.1. The zero-order chi connectivity index (χ0) is 12.4. The fraction of sp³-hybridized carbons (Fsp3) is 0.625. The van der Waals surface area contributed by atoms with Crippen LogP contribution in [-0.4, -0.2) is 25.3 Å². The number of ether oxygens (including phenoxy) is 1.